The summed E-state index contributed by atoms with van der Waals surface area (Å²) in [7, 11) is 0. The van der Waals surface area contributed by atoms with E-state index in [0.717, 1.165) is 0 Å². The van der Waals surface area contributed by atoms with Gasteiger partial charge in [0.2, 0.25) is 0 Å². The van der Waals surface area contributed by atoms with Gasteiger partial charge in [-0.3, -0.25) is 0 Å². The number of rotatable bonds is 3. The van der Waals surface area contributed by atoms with Crippen molar-refractivity contribution in [2.45, 2.75) is 33.1 Å². The van der Waals surface area contributed by atoms with E-state index in [-0.39, 0.29) is 0 Å². The van der Waals surface area contributed by atoms with Gasteiger partial charge >= 0.3 is 0 Å². The zero-order chi connectivity index (χ0) is 6.83. The smallest absolute Gasteiger partial charge is 0.0746 e. The molecule has 0 spiro atoms. The molecule has 0 radical (unpaired) electrons. The van der Waals surface area contributed by atoms with E-state index >= 15 is 0 Å². The summed E-state index contributed by atoms with van der Waals surface area (Å²) in [5.41, 5.74) is 0. The van der Waals surface area contributed by atoms with Crippen molar-refractivity contribution in [2.24, 2.45) is 0 Å². The van der Waals surface area contributed by atoms with E-state index in [1.807, 2.05) is 6.08 Å². The molecule has 48 valence electrons. The molecular weight excluding hydrogens is 96.1 g/mol. The highest BCUT2D eigenvalue weighted by Crippen LogP contribution is 1.91. The summed E-state index contributed by atoms with van der Waals surface area (Å²) in [6.07, 6.45) is 5.72. The first-order chi connectivity index (χ1) is 3.91. The standard InChI is InChI=1S/C6H12.C2H5/c1-3-5-6-4-2;1-2/h3H,1,4-6H2,2H3;1H2,2H3/q;+1. The van der Waals surface area contributed by atoms with Crippen molar-refractivity contribution in [3.05, 3.63) is 19.6 Å². The lowest BCUT2D eigenvalue weighted by Gasteiger charge is -1.81. The molecule has 0 aromatic heterocycles. The van der Waals surface area contributed by atoms with Crippen LogP contribution in [0.2, 0.25) is 0 Å². The summed E-state index contributed by atoms with van der Waals surface area (Å²) >= 11 is 0. The van der Waals surface area contributed by atoms with Crippen molar-refractivity contribution >= 4 is 0 Å². The Bertz CT molecular complexity index is 29.0. The third-order valence-electron chi connectivity index (χ3n) is 0.762. The highest BCUT2D eigenvalue weighted by Gasteiger charge is 1.71. The predicted molar refractivity (Wildman–Crippen MR) is 40.8 cm³/mol. The van der Waals surface area contributed by atoms with Gasteiger partial charge in [-0.05, 0) is 6.42 Å². The Labute approximate surface area is 53.6 Å². The van der Waals surface area contributed by atoms with Gasteiger partial charge in [0, 0.05) is 0 Å². The third kappa shape index (κ3) is 17.5. The molecule has 0 saturated carbocycles. The minimum absolute atomic E-state index is 1.18. The predicted octanol–water partition coefficient (Wildman–Crippen LogP) is 3.20. The zero-order valence-corrected chi connectivity index (χ0v) is 6.11. The SMILES string of the molecule is C=CCCCC.[CH2+]C. The Kier molecular flexibility index (Phi) is 21.1. The molecule has 0 aliphatic carbocycles. The van der Waals surface area contributed by atoms with Gasteiger partial charge in [0.15, 0.2) is 0 Å². The first kappa shape index (κ1) is 10.6. The summed E-state index contributed by atoms with van der Waals surface area (Å²) in [6, 6.07) is 0. The zero-order valence-electron chi connectivity index (χ0n) is 6.11. The molecule has 0 aliphatic rings. The molecule has 0 aromatic carbocycles. The van der Waals surface area contributed by atoms with Crippen LogP contribution in [-0.2, 0) is 0 Å². The van der Waals surface area contributed by atoms with Crippen LogP contribution in [0, 0.1) is 6.92 Å². The average Bonchev–Trinajstić information content (AvgIpc) is 1.88. The molecule has 0 atom stereocenters. The Balaban J connectivity index is 0. The first-order valence-electron chi connectivity index (χ1n) is 3.23. The summed E-state index contributed by atoms with van der Waals surface area (Å²) in [5, 5.41) is 0. The second-order valence-electron chi connectivity index (χ2n) is 1.43. The van der Waals surface area contributed by atoms with Gasteiger partial charge in [-0.15, -0.1) is 6.58 Å². The minimum atomic E-state index is 1.18. The molecule has 0 nitrogen and oxygen atoms in total. The number of hydrogen-bond donors (Lipinski definition) is 0. The van der Waals surface area contributed by atoms with Crippen LogP contribution in [0.1, 0.15) is 33.1 Å². The Morgan fingerprint density at radius 3 is 2.12 bits per heavy atom. The fourth-order valence-corrected chi connectivity index (χ4v) is 0.348. The highest BCUT2D eigenvalue weighted by atomic mass is 13.8. The molecule has 0 amide bonds. The van der Waals surface area contributed by atoms with Crippen LogP contribution in [0.15, 0.2) is 12.7 Å². The largest absolute Gasteiger partial charge is 0.103 e. The van der Waals surface area contributed by atoms with Crippen molar-refractivity contribution in [3.63, 3.8) is 0 Å². The number of unbranched alkanes of at least 4 members (excludes halogenated alkanes) is 2. The van der Waals surface area contributed by atoms with Crippen LogP contribution in [0.3, 0.4) is 0 Å². The van der Waals surface area contributed by atoms with E-state index < -0.39 is 0 Å². The fraction of sp³-hybridized carbons (Fsp3) is 0.625. The van der Waals surface area contributed by atoms with E-state index in [9.17, 15) is 0 Å². The second-order valence-corrected chi connectivity index (χ2v) is 1.43. The van der Waals surface area contributed by atoms with Gasteiger partial charge in [-0.2, -0.15) is 0 Å². The van der Waals surface area contributed by atoms with Crippen molar-refractivity contribution in [3.8, 4) is 0 Å². The van der Waals surface area contributed by atoms with Gasteiger partial charge in [0.1, 0.15) is 0 Å². The maximum atomic E-state index is 3.60. The summed E-state index contributed by atoms with van der Waals surface area (Å²) in [6.45, 7) is 10.8. The molecule has 0 N–H and O–H groups in total. The monoisotopic (exact) mass is 113 g/mol. The maximum absolute atomic E-state index is 3.60. The Hall–Kier alpha value is -0.390. The fourth-order valence-electron chi connectivity index (χ4n) is 0.348. The van der Waals surface area contributed by atoms with Gasteiger partial charge in [-0.25, -0.2) is 0 Å². The third-order valence-corrected chi connectivity index (χ3v) is 0.762. The molecule has 0 saturated heterocycles. The normalized spacial score (nSPS) is 6.75. The van der Waals surface area contributed by atoms with E-state index in [1.165, 1.54) is 19.3 Å². The van der Waals surface area contributed by atoms with Crippen LogP contribution in [-0.4, -0.2) is 0 Å². The Morgan fingerprint density at radius 1 is 1.50 bits per heavy atom. The summed E-state index contributed by atoms with van der Waals surface area (Å²) in [5.74, 6) is 0. The van der Waals surface area contributed by atoms with E-state index in [2.05, 4.69) is 20.4 Å². The second kappa shape index (κ2) is 16.0. The lowest BCUT2D eigenvalue weighted by Crippen LogP contribution is -1.61. The van der Waals surface area contributed by atoms with E-state index in [4.69, 9.17) is 0 Å². The van der Waals surface area contributed by atoms with Crippen molar-refractivity contribution in [2.75, 3.05) is 0 Å². The van der Waals surface area contributed by atoms with Crippen LogP contribution in [0.4, 0.5) is 0 Å². The summed E-state index contributed by atoms with van der Waals surface area (Å²) in [4.78, 5) is 0. The Morgan fingerprint density at radius 2 is 2.00 bits per heavy atom. The molecule has 8 heavy (non-hydrogen) atoms. The van der Waals surface area contributed by atoms with Crippen LogP contribution in [0.5, 0.6) is 0 Å². The van der Waals surface area contributed by atoms with Gasteiger partial charge in [0.25, 0.3) is 0 Å². The van der Waals surface area contributed by atoms with Gasteiger partial charge in [0.05, 0.1) is 13.8 Å². The van der Waals surface area contributed by atoms with E-state index in [0.29, 0.717) is 0 Å². The highest BCUT2D eigenvalue weighted by molar-refractivity contribution is 4.64. The molecule has 0 heterocycles. The van der Waals surface area contributed by atoms with Gasteiger partial charge < -0.3 is 0 Å². The first-order valence-corrected chi connectivity index (χ1v) is 3.23. The maximum Gasteiger partial charge on any atom is 0.0746 e. The molecule has 0 fully saturated rings. The van der Waals surface area contributed by atoms with Gasteiger partial charge in [-0.1, -0.05) is 25.8 Å². The molecule has 0 unspecified atom stereocenters. The lowest BCUT2D eigenvalue weighted by atomic mass is 10.3. The molecule has 0 rings (SSSR count). The molecule has 0 aromatic rings. The van der Waals surface area contributed by atoms with Crippen molar-refractivity contribution < 1.29 is 0 Å². The van der Waals surface area contributed by atoms with E-state index in [1.54, 1.807) is 6.92 Å². The van der Waals surface area contributed by atoms with Crippen molar-refractivity contribution in [1.82, 2.24) is 0 Å². The average molecular weight is 113 g/mol. The minimum Gasteiger partial charge on any atom is -0.103 e. The molecule has 0 aliphatic heterocycles. The van der Waals surface area contributed by atoms with Crippen molar-refractivity contribution in [1.29, 1.82) is 0 Å². The molecule has 0 bridgehead atoms. The summed E-state index contributed by atoms with van der Waals surface area (Å²) < 4.78 is 0. The number of hydrogen-bond acceptors (Lipinski definition) is 0. The van der Waals surface area contributed by atoms with Crippen LogP contribution < -0.4 is 0 Å². The lowest BCUT2D eigenvalue weighted by molar-refractivity contribution is 0.816. The molecular formula is C8H17+. The van der Waals surface area contributed by atoms with Crippen LogP contribution >= 0.6 is 0 Å². The molecule has 0 heteroatoms. The number of allylic oxidation sites excluding steroid dienone is 1. The topological polar surface area (TPSA) is 0 Å². The quantitative estimate of drug-likeness (QED) is 0.299. The van der Waals surface area contributed by atoms with Crippen LogP contribution in [0.25, 0.3) is 0 Å².